The third kappa shape index (κ3) is 4.24. The van der Waals surface area contributed by atoms with Crippen LogP contribution in [0.5, 0.6) is 0 Å². The summed E-state index contributed by atoms with van der Waals surface area (Å²) in [4.78, 5) is 11.9. The fourth-order valence-electron chi connectivity index (χ4n) is 2.39. The second-order valence-electron chi connectivity index (χ2n) is 4.87. The first kappa shape index (κ1) is 13.9. The highest BCUT2D eigenvalue weighted by Crippen LogP contribution is 2.19. The fraction of sp³-hybridized carbons (Fsp3) is 0.533. The maximum atomic E-state index is 11.9. The quantitative estimate of drug-likeness (QED) is 0.855. The van der Waals surface area contributed by atoms with Crippen LogP contribution in [-0.4, -0.2) is 18.7 Å². The number of rotatable bonds is 5. The third-order valence-corrected chi connectivity index (χ3v) is 3.42. The lowest BCUT2D eigenvalue weighted by molar-refractivity contribution is 0.134. The predicted octanol–water partition coefficient (Wildman–Crippen LogP) is 3.29. The van der Waals surface area contributed by atoms with Gasteiger partial charge in [0.2, 0.25) is 0 Å². The molecule has 2 amide bonds. The van der Waals surface area contributed by atoms with Crippen molar-refractivity contribution in [1.29, 1.82) is 0 Å². The minimum atomic E-state index is -0.115. The Morgan fingerprint density at radius 3 is 2.79 bits per heavy atom. The average molecular weight is 262 g/mol. The first-order valence-corrected chi connectivity index (χ1v) is 7.02. The van der Waals surface area contributed by atoms with Crippen molar-refractivity contribution in [2.45, 2.75) is 45.3 Å². The predicted molar refractivity (Wildman–Crippen MR) is 76.2 cm³/mol. The zero-order chi connectivity index (χ0) is 13.5. The molecule has 0 heterocycles. The Kier molecular flexibility index (Phi) is 5.21. The van der Waals surface area contributed by atoms with Gasteiger partial charge in [-0.1, -0.05) is 31.0 Å². The molecule has 104 valence electrons. The monoisotopic (exact) mass is 262 g/mol. The summed E-state index contributed by atoms with van der Waals surface area (Å²) in [5.74, 6) is 0. The Labute approximate surface area is 114 Å². The number of nitrogens with one attached hydrogen (secondary N) is 2. The second-order valence-corrected chi connectivity index (χ2v) is 4.87. The maximum absolute atomic E-state index is 11.9. The fourth-order valence-corrected chi connectivity index (χ4v) is 2.39. The lowest BCUT2D eigenvalue weighted by Crippen LogP contribution is -2.36. The normalized spacial score (nSPS) is 15.4. The van der Waals surface area contributed by atoms with Gasteiger partial charge >= 0.3 is 6.03 Å². The van der Waals surface area contributed by atoms with Crippen LogP contribution in [0, 0.1) is 0 Å². The highest BCUT2D eigenvalue weighted by Gasteiger charge is 2.17. The number of anilines is 1. The maximum Gasteiger partial charge on any atom is 0.319 e. The van der Waals surface area contributed by atoms with Crippen LogP contribution in [0.1, 0.15) is 38.2 Å². The molecule has 2 N–H and O–H groups in total. The summed E-state index contributed by atoms with van der Waals surface area (Å²) in [6.07, 6.45) is 4.61. The van der Waals surface area contributed by atoms with E-state index < -0.39 is 0 Å². The summed E-state index contributed by atoms with van der Waals surface area (Å²) in [6.45, 7) is 3.15. The number of carbonyl (C=O) groups excluding carboxylic acids is 1. The molecule has 0 aliphatic heterocycles. The van der Waals surface area contributed by atoms with Crippen molar-refractivity contribution in [2.75, 3.05) is 11.9 Å². The lowest BCUT2D eigenvalue weighted by Gasteiger charge is -2.15. The van der Waals surface area contributed by atoms with Gasteiger partial charge in [0.05, 0.1) is 6.61 Å². The molecule has 1 aliphatic rings. The van der Waals surface area contributed by atoms with Crippen molar-refractivity contribution < 1.29 is 9.53 Å². The van der Waals surface area contributed by atoms with E-state index in [1.54, 1.807) is 0 Å². The van der Waals surface area contributed by atoms with Gasteiger partial charge < -0.3 is 15.4 Å². The van der Waals surface area contributed by atoms with Crippen LogP contribution in [0.3, 0.4) is 0 Å². The molecule has 0 radical (unpaired) electrons. The van der Waals surface area contributed by atoms with E-state index in [1.807, 2.05) is 31.2 Å². The topological polar surface area (TPSA) is 50.4 Å². The summed E-state index contributed by atoms with van der Waals surface area (Å²) < 4.78 is 5.40. The highest BCUT2D eigenvalue weighted by molar-refractivity contribution is 5.90. The Bertz CT molecular complexity index is 414. The van der Waals surface area contributed by atoms with Crippen LogP contribution in [0.4, 0.5) is 10.5 Å². The summed E-state index contributed by atoms with van der Waals surface area (Å²) in [7, 11) is 0. The van der Waals surface area contributed by atoms with Crippen molar-refractivity contribution in [3.8, 4) is 0 Å². The van der Waals surface area contributed by atoms with Crippen LogP contribution in [-0.2, 0) is 11.3 Å². The summed E-state index contributed by atoms with van der Waals surface area (Å²) in [5, 5.41) is 5.94. The van der Waals surface area contributed by atoms with Crippen LogP contribution >= 0.6 is 0 Å². The van der Waals surface area contributed by atoms with E-state index in [-0.39, 0.29) is 6.03 Å². The first-order valence-electron chi connectivity index (χ1n) is 7.02. The third-order valence-electron chi connectivity index (χ3n) is 3.42. The SMILES string of the molecule is CCOCc1ccccc1NC(=O)NC1CCCC1. The number of hydrogen-bond acceptors (Lipinski definition) is 2. The van der Waals surface area contributed by atoms with Gasteiger partial charge in [-0.15, -0.1) is 0 Å². The molecule has 19 heavy (non-hydrogen) atoms. The molecular weight excluding hydrogens is 240 g/mol. The number of para-hydroxylation sites is 1. The minimum Gasteiger partial charge on any atom is -0.377 e. The van der Waals surface area contributed by atoms with Crippen molar-refractivity contribution in [3.63, 3.8) is 0 Å². The second kappa shape index (κ2) is 7.14. The van der Waals surface area contributed by atoms with Gasteiger partial charge in [0.25, 0.3) is 0 Å². The molecule has 0 unspecified atom stereocenters. The van der Waals surface area contributed by atoms with Gasteiger partial charge in [0.15, 0.2) is 0 Å². The molecule has 0 atom stereocenters. The Morgan fingerprint density at radius 2 is 2.05 bits per heavy atom. The van der Waals surface area contributed by atoms with Gasteiger partial charge in [-0.25, -0.2) is 4.79 Å². The van der Waals surface area contributed by atoms with Crippen LogP contribution < -0.4 is 10.6 Å². The average Bonchev–Trinajstić information content (AvgIpc) is 2.90. The largest absolute Gasteiger partial charge is 0.377 e. The van der Waals surface area contributed by atoms with Gasteiger partial charge in [-0.2, -0.15) is 0 Å². The van der Waals surface area contributed by atoms with Crippen LogP contribution in [0.2, 0.25) is 0 Å². The zero-order valence-corrected chi connectivity index (χ0v) is 11.4. The van der Waals surface area contributed by atoms with Gasteiger partial charge in [0.1, 0.15) is 0 Å². The Hall–Kier alpha value is -1.55. The van der Waals surface area contributed by atoms with Gasteiger partial charge in [0, 0.05) is 23.9 Å². The van der Waals surface area contributed by atoms with E-state index in [9.17, 15) is 4.79 Å². The molecule has 0 spiro atoms. The summed E-state index contributed by atoms with van der Waals surface area (Å²) in [5.41, 5.74) is 1.83. The molecular formula is C15H22N2O2. The number of ether oxygens (including phenoxy) is 1. The Morgan fingerprint density at radius 1 is 1.32 bits per heavy atom. The van der Waals surface area contributed by atoms with E-state index >= 15 is 0 Å². The van der Waals surface area contributed by atoms with Gasteiger partial charge in [-0.05, 0) is 25.8 Å². The molecule has 1 aliphatic carbocycles. The molecule has 1 saturated carbocycles. The smallest absolute Gasteiger partial charge is 0.319 e. The number of benzene rings is 1. The molecule has 2 rings (SSSR count). The zero-order valence-electron chi connectivity index (χ0n) is 11.4. The molecule has 1 aromatic carbocycles. The number of urea groups is 1. The van der Waals surface area contributed by atoms with Crippen molar-refractivity contribution >= 4 is 11.7 Å². The molecule has 4 heteroatoms. The van der Waals surface area contributed by atoms with Crippen molar-refractivity contribution in [3.05, 3.63) is 29.8 Å². The molecule has 0 bridgehead atoms. The molecule has 1 fully saturated rings. The first-order chi connectivity index (χ1) is 9.29. The number of hydrogen-bond donors (Lipinski definition) is 2. The lowest BCUT2D eigenvalue weighted by atomic mass is 10.2. The highest BCUT2D eigenvalue weighted by atomic mass is 16.5. The van der Waals surface area contributed by atoms with E-state index in [1.165, 1.54) is 12.8 Å². The Balaban J connectivity index is 1.91. The molecule has 0 saturated heterocycles. The van der Waals surface area contributed by atoms with Crippen LogP contribution in [0.15, 0.2) is 24.3 Å². The van der Waals surface area contributed by atoms with Gasteiger partial charge in [-0.3, -0.25) is 0 Å². The minimum absolute atomic E-state index is 0.115. The van der Waals surface area contributed by atoms with Crippen LogP contribution in [0.25, 0.3) is 0 Å². The summed E-state index contributed by atoms with van der Waals surface area (Å²) in [6, 6.07) is 7.97. The standard InChI is InChI=1S/C15H22N2O2/c1-2-19-11-12-7-3-6-10-14(12)17-15(18)16-13-8-4-5-9-13/h3,6-7,10,13H,2,4-5,8-9,11H2,1H3,(H2,16,17,18). The molecule has 0 aromatic heterocycles. The van der Waals surface area contributed by atoms with E-state index in [0.717, 1.165) is 24.1 Å². The number of amides is 2. The molecule has 1 aromatic rings. The van der Waals surface area contributed by atoms with E-state index in [4.69, 9.17) is 4.74 Å². The summed E-state index contributed by atoms with van der Waals surface area (Å²) >= 11 is 0. The molecule has 4 nitrogen and oxygen atoms in total. The van der Waals surface area contributed by atoms with E-state index in [2.05, 4.69) is 10.6 Å². The van der Waals surface area contributed by atoms with Crippen molar-refractivity contribution in [1.82, 2.24) is 5.32 Å². The van der Waals surface area contributed by atoms with Crippen molar-refractivity contribution in [2.24, 2.45) is 0 Å². The van der Waals surface area contributed by atoms with E-state index in [0.29, 0.717) is 19.3 Å². The number of carbonyl (C=O) groups is 1.